The van der Waals surface area contributed by atoms with Gasteiger partial charge in [0.15, 0.2) is 29.9 Å². The van der Waals surface area contributed by atoms with Crippen molar-refractivity contribution >= 4 is 93.6 Å². The number of carboxylic acids is 1. The van der Waals surface area contributed by atoms with Gasteiger partial charge >= 0.3 is 5.97 Å². The molecule has 14 rings (SSSR count). The fourth-order valence-electron chi connectivity index (χ4n) is 15.5. The molecule has 0 aliphatic carbocycles. The van der Waals surface area contributed by atoms with Gasteiger partial charge in [-0.05, 0) is 129 Å². The highest BCUT2D eigenvalue weighted by Gasteiger charge is 2.52. The quantitative estimate of drug-likeness (QED) is 0.0181. The van der Waals surface area contributed by atoms with Gasteiger partial charge in [-0.25, -0.2) is 9.78 Å². The van der Waals surface area contributed by atoms with E-state index in [0.717, 1.165) is 104 Å². The fraction of sp³-hybridized carbons (Fsp3) is 0.447. The zero-order chi connectivity index (χ0) is 87.7. The molecule has 0 radical (unpaired) electrons. The minimum Gasteiger partial charge on any atom is -0.508 e. The van der Waals surface area contributed by atoms with E-state index in [0.29, 0.717) is 10.9 Å². The summed E-state index contributed by atoms with van der Waals surface area (Å²) in [6.07, 6.45) is -7.39. The summed E-state index contributed by atoms with van der Waals surface area (Å²) in [5.74, 6) is -15.7. The van der Waals surface area contributed by atoms with Crippen LogP contribution in [-0.4, -0.2) is 197 Å². The number of phenols is 3. The fourth-order valence-corrected chi connectivity index (χ4v) is 18.0. The molecule has 10 unspecified atom stereocenters. The summed E-state index contributed by atoms with van der Waals surface area (Å²) in [4.78, 5) is 124. The molecule has 7 aliphatic rings. The number of hydrogen-bond acceptors (Lipinski definition) is 27. The van der Waals surface area contributed by atoms with Crippen LogP contribution in [0.25, 0.3) is 21.6 Å². The first-order valence-corrected chi connectivity index (χ1v) is 42.7. The second-order valence-electron chi connectivity index (χ2n) is 31.5. The molecule has 33 nitrogen and oxygen atoms in total. The number of carboxylic acid groups (broad SMARTS) is 1. The number of fused-ring (bicyclic) bond motifs is 15. The number of rotatable bonds is 26. The van der Waals surface area contributed by atoms with Gasteiger partial charge in [0.25, 0.3) is 0 Å². The van der Waals surface area contributed by atoms with E-state index in [9.17, 15) is 60.3 Å². The summed E-state index contributed by atoms with van der Waals surface area (Å²) in [5, 5.41) is 128. The van der Waals surface area contributed by atoms with Crippen molar-refractivity contribution in [3.63, 3.8) is 0 Å². The lowest BCUT2D eigenvalue weighted by molar-refractivity contribution is -0.330. The number of nitrogens with two attached hydrogens (primary N) is 1. The van der Waals surface area contributed by atoms with Crippen LogP contribution < -0.4 is 62.5 Å². The summed E-state index contributed by atoms with van der Waals surface area (Å²) in [5.41, 5.74) is 2.92. The van der Waals surface area contributed by atoms with Crippen LogP contribution >= 0.6 is 46.3 Å². The third-order valence-electron chi connectivity index (χ3n) is 22.0. The van der Waals surface area contributed by atoms with Gasteiger partial charge in [-0.2, -0.15) is 0 Å². The van der Waals surface area contributed by atoms with E-state index in [-0.39, 0.29) is 57.7 Å². The van der Waals surface area contributed by atoms with Gasteiger partial charge < -0.3 is 123 Å². The number of benzene rings is 6. The van der Waals surface area contributed by atoms with Crippen molar-refractivity contribution in [2.24, 2.45) is 11.7 Å². The highest BCUT2D eigenvalue weighted by Crippen LogP contribution is 2.51. The minimum absolute atomic E-state index is 0.0626. The largest absolute Gasteiger partial charge is 0.508 e. The molecule has 2 saturated heterocycles. The number of amides is 7. The SMILES string of the molecule is CCCCCCCCCCNC1(C)CC(OC2C(Oc3c4cc5cc3Oc3ccc(cc3Cl)[C@@H](O)[C@@H](NC(=O)[C@H](CC(C)C)NC)C(=O)N[C@@H](CC(N)=O)C(=O)N[C@H]5C(=O)NC3C(=O)N[C@H](C(=O)N[C@@H](C(=O)O)c5cc(O)cc(O)c5-c5cc3ccc5O)[C@H](O)c3ccc(c(Cl)c3)O4)OC(CSc3ncc(-c4ccccc4)s3)C(O)C2O)OC(C)C1O. The van der Waals surface area contributed by atoms with E-state index in [1.165, 1.54) is 66.9 Å². The number of thioether (sulfide) groups is 1. The van der Waals surface area contributed by atoms with Crippen LogP contribution in [0.5, 0.6) is 46.0 Å². The van der Waals surface area contributed by atoms with Crippen molar-refractivity contribution in [1.29, 1.82) is 0 Å². The lowest BCUT2D eigenvalue weighted by Crippen LogP contribution is -2.65. The number of phenolic OH excluding ortho intramolecular Hbond substituents is 3. The number of ether oxygens (including phenoxy) is 6. The molecule has 0 spiro atoms. The Morgan fingerprint density at radius 2 is 1.34 bits per heavy atom. The summed E-state index contributed by atoms with van der Waals surface area (Å²) in [7, 11) is 1.49. The van der Waals surface area contributed by atoms with Crippen LogP contribution in [0.4, 0.5) is 0 Å². The van der Waals surface area contributed by atoms with Gasteiger partial charge in [0, 0.05) is 46.7 Å². The lowest BCUT2D eigenvalue weighted by atomic mass is 9.85. The minimum atomic E-state index is -2.34. The Morgan fingerprint density at radius 1 is 0.705 bits per heavy atom. The Labute approximate surface area is 720 Å². The van der Waals surface area contributed by atoms with E-state index in [2.05, 4.69) is 54.4 Å². The van der Waals surface area contributed by atoms with E-state index >= 15 is 24.0 Å². The monoisotopic (exact) mass is 1760 g/mol. The molecule has 6 aromatic carbocycles. The van der Waals surface area contributed by atoms with Crippen molar-refractivity contribution in [3.8, 4) is 67.6 Å². The Kier molecular flexibility index (Phi) is 30.0. The van der Waals surface area contributed by atoms with E-state index in [4.69, 9.17) is 57.4 Å². The zero-order valence-corrected chi connectivity index (χ0v) is 70.5. The number of primary amides is 1. The average molecular weight is 1760 g/mol. The zero-order valence-electron chi connectivity index (χ0n) is 67.4. The molecular weight excluding hydrogens is 1660 g/mol. The standard InChI is InChI=1S/C85H100Cl2N10O23S2/c1-7-8-9-10-11-12-13-17-26-91-85(5)36-62(115-40(4)75(85)106)119-74-72(105)71(104)59(38-121-84-90-37-60(122-84)41-18-15-14-16-19-41)118-83(74)120-73-57-31-45-32-58(73)117-56-25-22-44(30-50(56)87)70(103)68-81(112)95-66(82(113)114)48-33-46(98)34-54(100)63(48)47-28-42(20-23-53(47)99)64(78(109)97-68)94-79(110)65(45)93-77(108)52(35-61(88)101)92-80(111)67(96-76(107)51(89-6)27-39(2)3)69(102)43-21-24-55(116-57)49(86)29-43/h14-16,18-25,28-34,37,39-40,51-52,59,62,64-72,74-75,83,89,91,98-100,102-106H,7-13,17,26-27,35-36,38H2,1-6H3,(H2,88,101)(H,92,111)(H,93,108)(H,94,110)(H,95,112)(H,96,107)(H,97,109)(H,113,114)/t40?,51-,52-,59?,62?,64?,65+,66+,67+,68-,69+,70+,71?,72?,74?,75?,83?,85?/m0/s1. The van der Waals surface area contributed by atoms with Crippen molar-refractivity contribution < 1.29 is 113 Å². The number of hydrogen-bond donors (Lipinski definition) is 18. The predicted molar refractivity (Wildman–Crippen MR) is 447 cm³/mol. The number of aliphatic hydroxyl groups is 5. The molecular formula is C85H100Cl2N10O23S2. The Bertz CT molecular complexity index is 5000. The van der Waals surface area contributed by atoms with E-state index in [1.807, 2.05) is 51.1 Å². The summed E-state index contributed by atoms with van der Waals surface area (Å²) < 4.78 is 41.5. The first-order valence-electron chi connectivity index (χ1n) is 40.2. The Hall–Kier alpha value is -9.96. The van der Waals surface area contributed by atoms with Crippen molar-refractivity contribution in [2.75, 3.05) is 19.3 Å². The number of carbonyl (C=O) groups is 8. The highest BCUT2D eigenvalue weighted by atomic mass is 35.5. The van der Waals surface area contributed by atoms with Crippen LogP contribution in [0.1, 0.15) is 163 Å². The predicted octanol–water partition coefficient (Wildman–Crippen LogP) is 7.80. The molecule has 19 N–H and O–H groups in total. The Morgan fingerprint density at radius 3 is 1.98 bits per heavy atom. The molecule has 122 heavy (non-hydrogen) atoms. The second kappa shape index (κ2) is 40.1. The van der Waals surface area contributed by atoms with Crippen LogP contribution in [-0.2, 0) is 52.6 Å². The molecule has 37 heteroatoms. The summed E-state index contributed by atoms with van der Waals surface area (Å²) >= 11 is 17.0. The number of aliphatic carboxylic acids is 1. The smallest absolute Gasteiger partial charge is 0.330 e. The second-order valence-corrected chi connectivity index (χ2v) is 34.6. The molecule has 18 atom stereocenters. The molecule has 654 valence electrons. The number of likely N-dealkylation sites (N-methyl/N-ethyl adjacent to an activating group) is 1. The summed E-state index contributed by atoms with van der Waals surface area (Å²) in [6.45, 7) is 9.78. The highest BCUT2D eigenvalue weighted by molar-refractivity contribution is 8.01. The van der Waals surface area contributed by atoms with Gasteiger partial charge in [0.05, 0.1) is 45.7 Å². The number of aromatic hydroxyl groups is 3. The first kappa shape index (κ1) is 91.3. The number of aromatic nitrogens is 1. The number of halogens is 2. The molecule has 2 fully saturated rings. The maximum absolute atomic E-state index is 16.4. The van der Waals surface area contributed by atoms with E-state index < -0.39 is 225 Å². The molecule has 0 saturated carbocycles. The van der Waals surface area contributed by atoms with Crippen LogP contribution in [0, 0.1) is 5.92 Å². The third-order valence-corrected chi connectivity index (χ3v) is 24.9. The van der Waals surface area contributed by atoms with Crippen molar-refractivity contribution in [2.45, 2.75) is 219 Å². The number of nitrogens with one attached hydrogen (secondary N) is 8. The van der Waals surface area contributed by atoms with Gasteiger partial charge in [-0.3, -0.25) is 33.6 Å². The molecule has 1 aromatic heterocycles. The molecule has 7 amide bonds. The molecule has 7 aliphatic heterocycles. The number of unbranched alkanes of at least 4 members (excludes halogenated alkanes) is 7. The maximum Gasteiger partial charge on any atom is 0.330 e. The number of aliphatic hydroxyl groups excluding tert-OH is 5. The lowest BCUT2D eigenvalue weighted by Gasteiger charge is -2.48. The first-order chi connectivity index (χ1) is 58.2. The Balaban J connectivity index is 1.06. The van der Waals surface area contributed by atoms with Crippen molar-refractivity contribution in [1.82, 2.24) is 47.5 Å². The normalized spacial score (nSPS) is 26.4. The van der Waals surface area contributed by atoms with Crippen LogP contribution in [0.3, 0.4) is 0 Å². The number of nitrogens with zero attached hydrogens (tertiary/aromatic N) is 1. The number of carbonyl (C=O) groups excluding carboxylic acids is 7. The van der Waals surface area contributed by atoms with Gasteiger partial charge in [-0.1, -0.05) is 149 Å². The maximum atomic E-state index is 16.4. The molecule has 7 aromatic rings. The van der Waals surface area contributed by atoms with Gasteiger partial charge in [0.2, 0.25) is 53.4 Å². The molecule has 8 heterocycles. The van der Waals surface area contributed by atoms with Crippen molar-refractivity contribution in [3.05, 3.63) is 153 Å². The number of thiazole rings is 1. The summed E-state index contributed by atoms with van der Waals surface area (Å²) in [6, 6.07) is 9.38. The third kappa shape index (κ3) is 21.3. The topological polar surface area (TPSA) is 509 Å². The average Bonchev–Trinajstić information content (AvgIpc) is 1.03. The van der Waals surface area contributed by atoms with Crippen LogP contribution in [0.2, 0.25) is 10.0 Å². The van der Waals surface area contributed by atoms with E-state index in [1.54, 1.807) is 13.1 Å². The van der Waals surface area contributed by atoms with Gasteiger partial charge in [-0.15, -0.1) is 11.3 Å². The van der Waals surface area contributed by atoms with Crippen LogP contribution in [0.15, 0.2) is 120 Å². The molecule has 11 bridgehead atoms. The van der Waals surface area contributed by atoms with Gasteiger partial charge in [0.1, 0.15) is 87.7 Å².